The number of nitrogens with one attached hydrogen (secondary N) is 1. The van der Waals surface area contributed by atoms with Crippen molar-refractivity contribution in [3.63, 3.8) is 0 Å². The van der Waals surface area contributed by atoms with Crippen molar-refractivity contribution in [2.75, 3.05) is 36.5 Å². The summed E-state index contributed by atoms with van der Waals surface area (Å²) in [4.78, 5) is 3.55. The Labute approximate surface area is 174 Å². The molecule has 0 unspecified atom stereocenters. The van der Waals surface area contributed by atoms with Crippen molar-refractivity contribution in [1.29, 1.82) is 0 Å². The fraction of sp³-hybridized carbons (Fsp3) is 0.273. The number of ether oxygens (including phenoxy) is 2. The van der Waals surface area contributed by atoms with E-state index in [4.69, 9.17) is 21.1 Å². The summed E-state index contributed by atoms with van der Waals surface area (Å²) in [7, 11) is 0. The average Bonchev–Trinajstić information content (AvgIpc) is 3.26. The van der Waals surface area contributed by atoms with Crippen LogP contribution in [0, 0.1) is 0 Å². The van der Waals surface area contributed by atoms with Gasteiger partial charge in [-0.2, -0.15) is 0 Å². The van der Waals surface area contributed by atoms with E-state index in [1.54, 1.807) is 11.3 Å². The SMILES string of the molecule is Clc1ccc(OCc2cccs2)c(CNc2ccc(N3CCOCC3)cc2)c1. The fourth-order valence-corrected chi connectivity index (χ4v) is 3.99. The zero-order chi connectivity index (χ0) is 19.2. The number of benzene rings is 2. The third-order valence-corrected chi connectivity index (χ3v) is 5.78. The van der Waals surface area contributed by atoms with Gasteiger partial charge in [0, 0.05) is 46.5 Å². The monoisotopic (exact) mass is 414 g/mol. The molecule has 2 aromatic carbocycles. The average molecular weight is 415 g/mol. The molecule has 6 heteroatoms. The van der Waals surface area contributed by atoms with Crippen molar-refractivity contribution in [1.82, 2.24) is 0 Å². The highest BCUT2D eigenvalue weighted by Crippen LogP contribution is 2.26. The van der Waals surface area contributed by atoms with E-state index >= 15 is 0 Å². The highest BCUT2D eigenvalue weighted by Gasteiger charge is 2.11. The molecule has 28 heavy (non-hydrogen) atoms. The Balaban J connectivity index is 1.39. The molecule has 1 fully saturated rings. The molecule has 2 heterocycles. The van der Waals surface area contributed by atoms with Crippen LogP contribution in [-0.2, 0) is 17.9 Å². The lowest BCUT2D eigenvalue weighted by atomic mass is 10.2. The van der Waals surface area contributed by atoms with Crippen molar-refractivity contribution < 1.29 is 9.47 Å². The molecule has 1 aliphatic rings. The Bertz CT molecular complexity index is 878. The van der Waals surface area contributed by atoms with Gasteiger partial charge in [-0.05, 0) is 53.9 Å². The minimum Gasteiger partial charge on any atom is -0.488 e. The van der Waals surface area contributed by atoms with E-state index in [2.05, 4.69) is 45.9 Å². The summed E-state index contributed by atoms with van der Waals surface area (Å²) >= 11 is 7.90. The summed E-state index contributed by atoms with van der Waals surface area (Å²) in [5, 5.41) is 6.24. The van der Waals surface area contributed by atoms with E-state index < -0.39 is 0 Å². The summed E-state index contributed by atoms with van der Waals surface area (Å²) in [6, 6.07) is 18.4. The van der Waals surface area contributed by atoms with Gasteiger partial charge in [0.05, 0.1) is 13.2 Å². The Morgan fingerprint density at radius 1 is 1.07 bits per heavy atom. The van der Waals surface area contributed by atoms with Crippen molar-refractivity contribution in [3.05, 3.63) is 75.4 Å². The maximum Gasteiger partial charge on any atom is 0.124 e. The van der Waals surface area contributed by atoms with Crippen LogP contribution in [0.15, 0.2) is 60.0 Å². The molecule has 1 aliphatic heterocycles. The molecule has 0 atom stereocenters. The minimum atomic E-state index is 0.570. The second-order valence-corrected chi connectivity index (χ2v) is 8.09. The first-order chi connectivity index (χ1) is 13.8. The van der Waals surface area contributed by atoms with Gasteiger partial charge in [0.2, 0.25) is 0 Å². The third-order valence-electron chi connectivity index (χ3n) is 4.70. The number of anilines is 2. The van der Waals surface area contributed by atoms with E-state index in [1.807, 2.05) is 24.3 Å². The maximum atomic E-state index is 6.21. The van der Waals surface area contributed by atoms with Crippen molar-refractivity contribution in [3.8, 4) is 5.75 Å². The molecular weight excluding hydrogens is 392 g/mol. The normalized spacial score (nSPS) is 14.1. The second-order valence-electron chi connectivity index (χ2n) is 6.62. The molecule has 0 spiro atoms. The molecule has 146 valence electrons. The zero-order valence-electron chi connectivity index (χ0n) is 15.6. The molecule has 0 amide bonds. The Kier molecular flexibility index (Phi) is 6.37. The molecule has 0 radical (unpaired) electrons. The predicted molar refractivity (Wildman–Crippen MR) is 117 cm³/mol. The number of morpholine rings is 1. The first-order valence-electron chi connectivity index (χ1n) is 9.38. The van der Waals surface area contributed by atoms with E-state index in [9.17, 15) is 0 Å². The Morgan fingerprint density at radius 2 is 1.89 bits per heavy atom. The predicted octanol–water partition coefficient (Wildman–Crippen LogP) is 5.43. The van der Waals surface area contributed by atoms with Gasteiger partial charge in [-0.15, -0.1) is 11.3 Å². The number of nitrogens with zero attached hydrogens (tertiary/aromatic N) is 1. The van der Waals surface area contributed by atoms with Gasteiger partial charge >= 0.3 is 0 Å². The Hall–Kier alpha value is -2.21. The van der Waals surface area contributed by atoms with Crippen LogP contribution in [0.4, 0.5) is 11.4 Å². The molecule has 1 saturated heterocycles. The van der Waals surface area contributed by atoms with E-state index in [-0.39, 0.29) is 0 Å². The van der Waals surface area contributed by atoms with Gasteiger partial charge in [-0.1, -0.05) is 17.7 Å². The molecule has 1 aromatic heterocycles. The Morgan fingerprint density at radius 3 is 2.64 bits per heavy atom. The number of rotatable bonds is 7. The molecule has 0 aliphatic carbocycles. The van der Waals surface area contributed by atoms with Gasteiger partial charge in [0.15, 0.2) is 0 Å². The molecule has 0 saturated carbocycles. The summed E-state index contributed by atoms with van der Waals surface area (Å²) in [5.74, 6) is 0.857. The molecule has 0 bridgehead atoms. The van der Waals surface area contributed by atoms with Gasteiger partial charge in [0.1, 0.15) is 12.4 Å². The van der Waals surface area contributed by atoms with Gasteiger partial charge in [0.25, 0.3) is 0 Å². The first-order valence-corrected chi connectivity index (χ1v) is 10.6. The van der Waals surface area contributed by atoms with Crippen LogP contribution < -0.4 is 15.0 Å². The van der Waals surface area contributed by atoms with Crippen molar-refractivity contribution in [2.24, 2.45) is 0 Å². The molecule has 3 aromatic rings. The highest BCUT2D eigenvalue weighted by molar-refractivity contribution is 7.09. The van der Waals surface area contributed by atoms with E-state index in [0.29, 0.717) is 18.2 Å². The van der Waals surface area contributed by atoms with Crippen LogP contribution >= 0.6 is 22.9 Å². The lowest BCUT2D eigenvalue weighted by Gasteiger charge is -2.29. The molecule has 4 nitrogen and oxygen atoms in total. The van der Waals surface area contributed by atoms with Crippen LogP contribution in [0.3, 0.4) is 0 Å². The number of halogens is 1. The van der Waals surface area contributed by atoms with Crippen LogP contribution in [0.5, 0.6) is 5.75 Å². The molecule has 1 N–H and O–H groups in total. The smallest absolute Gasteiger partial charge is 0.124 e. The molecular formula is C22H23ClN2O2S. The zero-order valence-corrected chi connectivity index (χ0v) is 17.1. The van der Waals surface area contributed by atoms with Gasteiger partial charge in [-0.25, -0.2) is 0 Å². The summed E-state index contributed by atoms with van der Waals surface area (Å²) in [6.07, 6.45) is 0. The van der Waals surface area contributed by atoms with Crippen LogP contribution in [0.25, 0.3) is 0 Å². The van der Waals surface area contributed by atoms with Crippen LogP contribution in [0.2, 0.25) is 5.02 Å². The number of hydrogen-bond donors (Lipinski definition) is 1. The van der Waals surface area contributed by atoms with Gasteiger partial charge in [-0.3, -0.25) is 0 Å². The lowest BCUT2D eigenvalue weighted by Crippen LogP contribution is -2.36. The fourth-order valence-electron chi connectivity index (χ4n) is 3.18. The lowest BCUT2D eigenvalue weighted by molar-refractivity contribution is 0.122. The largest absolute Gasteiger partial charge is 0.488 e. The third kappa shape index (κ3) is 4.98. The second kappa shape index (κ2) is 9.32. The van der Waals surface area contributed by atoms with E-state index in [0.717, 1.165) is 43.3 Å². The summed E-state index contributed by atoms with van der Waals surface area (Å²) in [6.45, 7) is 4.70. The van der Waals surface area contributed by atoms with Crippen LogP contribution in [-0.4, -0.2) is 26.3 Å². The quantitative estimate of drug-likeness (QED) is 0.559. The van der Waals surface area contributed by atoms with Gasteiger partial charge < -0.3 is 19.7 Å². The van der Waals surface area contributed by atoms with E-state index in [1.165, 1.54) is 10.6 Å². The topological polar surface area (TPSA) is 33.7 Å². The summed E-state index contributed by atoms with van der Waals surface area (Å²) < 4.78 is 11.4. The van der Waals surface area contributed by atoms with Crippen molar-refractivity contribution in [2.45, 2.75) is 13.2 Å². The summed E-state index contributed by atoms with van der Waals surface area (Å²) in [5.41, 5.74) is 3.35. The van der Waals surface area contributed by atoms with Crippen LogP contribution in [0.1, 0.15) is 10.4 Å². The number of hydrogen-bond acceptors (Lipinski definition) is 5. The first kappa shape index (κ1) is 19.1. The molecule has 4 rings (SSSR count). The minimum absolute atomic E-state index is 0.570. The highest BCUT2D eigenvalue weighted by atomic mass is 35.5. The maximum absolute atomic E-state index is 6.21. The number of thiophene rings is 1. The van der Waals surface area contributed by atoms with Crippen molar-refractivity contribution >= 4 is 34.3 Å². The standard InChI is InChI=1S/C22H23ClN2O2S/c23-18-3-8-22(27-16-21-2-1-13-28-21)17(14-18)15-24-19-4-6-20(7-5-19)25-9-11-26-12-10-25/h1-8,13-14,24H,9-12,15-16H2.